The van der Waals surface area contributed by atoms with Gasteiger partial charge in [0.05, 0.1) is 23.3 Å². The molecular weight excluding hydrogens is 370 g/mol. The number of hydrogen-bond donors (Lipinski definition) is 1. The summed E-state index contributed by atoms with van der Waals surface area (Å²) < 4.78 is 5.66. The number of anilines is 1. The molecule has 2 aromatic rings. The van der Waals surface area contributed by atoms with E-state index in [1.54, 1.807) is 25.3 Å². The monoisotopic (exact) mass is 385 g/mol. The topological polar surface area (TPSA) is 66.8 Å². The van der Waals surface area contributed by atoms with Crippen molar-refractivity contribution in [3.63, 3.8) is 0 Å². The molecule has 1 aliphatic rings. The second-order valence-corrected chi connectivity index (χ2v) is 7.27. The SMILES string of the molecule is COc1ccc(/C=C2/SC(=S)N(c3ccc(C(=O)O)cc3)C2=O)cc1C. The molecule has 2 aromatic carbocycles. The molecule has 1 saturated heterocycles. The van der Waals surface area contributed by atoms with Crippen LogP contribution in [0.15, 0.2) is 47.4 Å². The van der Waals surface area contributed by atoms with Crippen molar-refractivity contribution >= 4 is 51.9 Å². The molecular formula is C19H15NO4S2. The largest absolute Gasteiger partial charge is 0.496 e. The van der Waals surface area contributed by atoms with Crippen LogP contribution in [-0.4, -0.2) is 28.4 Å². The number of hydrogen-bond acceptors (Lipinski definition) is 5. The summed E-state index contributed by atoms with van der Waals surface area (Å²) in [5.74, 6) is -0.457. The quantitative estimate of drug-likeness (QED) is 0.631. The Bertz CT molecular complexity index is 935. The molecule has 7 heteroatoms. The molecule has 0 atom stereocenters. The van der Waals surface area contributed by atoms with Crippen LogP contribution in [0.5, 0.6) is 5.75 Å². The van der Waals surface area contributed by atoms with E-state index in [1.165, 1.54) is 28.8 Å². The fourth-order valence-electron chi connectivity index (χ4n) is 2.59. The first-order valence-corrected chi connectivity index (χ1v) is 8.89. The maximum absolute atomic E-state index is 12.8. The molecule has 1 heterocycles. The number of nitrogens with zero attached hydrogens (tertiary/aromatic N) is 1. The molecule has 0 radical (unpaired) electrons. The van der Waals surface area contributed by atoms with Gasteiger partial charge < -0.3 is 9.84 Å². The van der Waals surface area contributed by atoms with Gasteiger partial charge in [-0.1, -0.05) is 30.0 Å². The minimum atomic E-state index is -1.02. The Morgan fingerprint density at radius 1 is 1.23 bits per heavy atom. The molecule has 1 N–H and O–H groups in total. The molecule has 1 fully saturated rings. The number of ether oxygens (including phenoxy) is 1. The van der Waals surface area contributed by atoms with Crippen molar-refractivity contribution in [2.75, 3.05) is 12.0 Å². The summed E-state index contributed by atoms with van der Waals surface area (Å²) in [5, 5.41) is 8.98. The highest BCUT2D eigenvalue weighted by Crippen LogP contribution is 2.36. The van der Waals surface area contributed by atoms with Crippen LogP contribution in [0, 0.1) is 6.92 Å². The lowest BCUT2D eigenvalue weighted by atomic mass is 10.1. The highest BCUT2D eigenvalue weighted by molar-refractivity contribution is 8.27. The lowest BCUT2D eigenvalue weighted by molar-refractivity contribution is -0.113. The fourth-order valence-corrected chi connectivity index (χ4v) is 3.89. The Morgan fingerprint density at radius 2 is 1.92 bits per heavy atom. The van der Waals surface area contributed by atoms with Crippen molar-refractivity contribution in [1.82, 2.24) is 0 Å². The number of amides is 1. The number of methoxy groups -OCH3 is 1. The van der Waals surface area contributed by atoms with Crippen molar-refractivity contribution in [1.29, 1.82) is 0 Å². The molecule has 0 bridgehead atoms. The fraction of sp³-hybridized carbons (Fsp3) is 0.105. The Morgan fingerprint density at radius 3 is 2.50 bits per heavy atom. The number of carbonyl (C=O) groups excluding carboxylic acids is 1. The number of carbonyl (C=O) groups is 2. The first kappa shape index (κ1) is 18.2. The van der Waals surface area contributed by atoms with Gasteiger partial charge in [0.1, 0.15) is 5.75 Å². The molecule has 1 amide bonds. The zero-order chi connectivity index (χ0) is 18.8. The van der Waals surface area contributed by atoms with E-state index >= 15 is 0 Å². The molecule has 0 spiro atoms. The van der Waals surface area contributed by atoms with Crippen LogP contribution >= 0.6 is 24.0 Å². The van der Waals surface area contributed by atoms with E-state index in [0.717, 1.165) is 16.9 Å². The second-order valence-electron chi connectivity index (χ2n) is 5.60. The van der Waals surface area contributed by atoms with E-state index in [9.17, 15) is 9.59 Å². The van der Waals surface area contributed by atoms with Gasteiger partial charge in [-0.25, -0.2) is 4.79 Å². The zero-order valence-corrected chi connectivity index (χ0v) is 15.7. The van der Waals surface area contributed by atoms with Crippen molar-refractivity contribution in [2.24, 2.45) is 0 Å². The number of thioether (sulfide) groups is 1. The number of aryl methyl sites for hydroxylation is 1. The smallest absolute Gasteiger partial charge is 0.335 e. The lowest BCUT2D eigenvalue weighted by Gasteiger charge is -2.14. The molecule has 1 aliphatic heterocycles. The van der Waals surface area contributed by atoms with Gasteiger partial charge in [0.2, 0.25) is 0 Å². The van der Waals surface area contributed by atoms with Crippen molar-refractivity contribution in [3.05, 3.63) is 64.1 Å². The van der Waals surface area contributed by atoms with Crippen LogP contribution < -0.4 is 9.64 Å². The third-order valence-electron chi connectivity index (χ3n) is 3.88. The zero-order valence-electron chi connectivity index (χ0n) is 14.1. The molecule has 0 unspecified atom stereocenters. The van der Waals surface area contributed by atoms with Gasteiger partial charge in [-0.05, 0) is 60.5 Å². The Kier molecular flexibility index (Phi) is 5.11. The van der Waals surface area contributed by atoms with Gasteiger partial charge in [0, 0.05) is 0 Å². The average Bonchev–Trinajstić information content (AvgIpc) is 2.89. The molecule has 0 aromatic heterocycles. The van der Waals surface area contributed by atoms with E-state index < -0.39 is 5.97 Å². The number of aromatic carboxylic acids is 1. The molecule has 0 saturated carbocycles. The summed E-state index contributed by atoms with van der Waals surface area (Å²) in [5.41, 5.74) is 2.56. The van der Waals surface area contributed by atoms with E-state index in [0.29, 0.717) is 14.9 Å². The highest BCUT2D eigenvalue weighted by Gasteiger charge is 2.33. The molecule has 26 heavy (non-hydrogen) atoms. The van der Waals surface area contributed by atoms with Gasteiger partial charge >= 0.3 is 5.97 Å². The maximum Gasteiger partial charge on any atom is 0.335 e. The van der Waals surface area contributed by atoms with Crippen LogP contribution in [0.2, 0.25) is 0 Å². The number of thiocarbonyl (C=S) groups is 1. The van der Waals surface area contributed by atoms with Gasteiger partial charge in [0.25, 0.3) is 5.91 Å². The predicted octanol–water partition coefficient (Wildman–Crippen LogP) is 4.11. The summed E-state index contributed by atoms with van der Waals surface area (Å²) in [6.07, 6.45) is 1.79. The summed E-state index contributed by atoms with van der Waals surface area (Å²) >= 11 is 6.55. The molecule has 132 valence electrons. The summed E-state index contributed by atoms with van der Waals surface area (Å²) in [6.45, 7) is 1.94. The number of carboxylic acid groups (broad SMARTS) is 1. The minimum Gasteiger partial charge on any atom is -0.496 e. The average molecular weight is 385 g/mol. The Hall–Kier alpha value is -2.64. The van der Waals surface area contributed by atoms with E-state index in [2.05, 4.69) is 0 Å². The predicted molar refractivity (Wildman–Crippen MR) is 107 cm³/mol. The number of benzene rings is 2. The van der Waals surface area contributed by atoms with Gasteiger partial charge in [-0.3, -0.25) is 9.69 Å². The van der Waals surface area contributed by atoms with Crippen LogP contribution in [0.25, 0.3) is 6.08 Å². The summed E-state index contributed by atoms with van der Waals surface area (Å²) in [6, 6.07) is 11.7. The minimum absolute atomic E-state index is 0.156. The normalized spacial score (nSPS) is 15.6. The van der Waals surface area contributed by atoms with Crippen LogP contribution in [0.4, 0.5) is 5.69 Å². The lowest BCUT2D eigenvalue weighted by Crippen LogP contribution is -2.27. The van der Waals surface area contributed by atoms with Crippen LogP contribution in [-0.2, 0) is 4.79 Å². The van der Waals surface area contributed by atoms with Crippen LogP contribution in [0.1, 0.15) is 21.5 Å². The van der Waals surface area contributed by atoms with Crippen molar-refractivity contribution in [3.8, 4) is 5.75 Å². The van der Waals surface area contributed by atoms with Crippen LogP contribution in [0.3, 0.4) is 0 Å². The molecule has 3 rings (SSSR count). The van der Waals surface area contributed by atoms with Gasteiger partial charge in [-0.15, -0.1) is 0 Å². The first-order chi connectivity index (χ1) is 12.4. The van der Waals surface area contributed by atoms with E-state index in [-0.39, 0.29) is 11.5 Å². The Labute approximate surface area is 160 Å². The highest BCUT2D eigenvalue weighted by atomic mass is 32.2. The van der Waals surface area contributed by atoms with Gasteiger partial charge in [0.15, 0.2) is 4.32 Å². The maximum atomic E-state index is 12.8. The van der Waals surface area contributed by atoms with Gasteiger partial charge in [-0.2, -0.15) is 0 Å². The third kappa shape index (κ3) is 3.49. The first-order valence-electron chi connectivity index (χ1n) is 7.66. The van der Waals surface area contributed by atoms with E-state index in [1.807, 2.05) is 25.1 Å². The standard InChI is InChI=1S/C19H15NO4S2/c1-11-9-12(3-8-15(11)24-2)10-16-17(21)20(19(25)26-16)14-6-4-13(5-7-14)18(22)23/h3-10H,1-2H3,(H,22,23)/b16-10+. The summed E-state index contributed by atoms with van der Waals surface area (Å²) in [4.78, 5) is 25.6. The molecule has 5 nitrogen and oxygen atoms in total. The second kappa shape index (κ2) is 7.31. The summed E-state index contributed by atoms with van der Waals surface area (Å²) in [7, 11) is 1.61. The number of carboxylic acids is 1. The Balaban J connectivity index is 1.88. The van der Waals surface area contributed by atoms with E-state index in [4.69, 9.17) is 22.1 Å². The number of rotatable bonds is 4. The third-order valence-corrected chi connectivity index (χ3v) is 5.18. The van der Waals surface area contributed by atoms with Crippen molar-refractivity contribution < 1.29 is 19.4 Å². The van der Waals surface area contributed by atoms with Crippen molar-refractivity contribution in [2.45, 2.75) is 6.92 Å². The molecule has 0 aliphatic carbocycles.